The van der Waals surface area contributed by atoms with Crippen LogP contribution in [0, 0.1) is 0 Å². The number of hydrogen-bond donors (Lipinski definition) is 2. The van der Waals surface area contributed by atoms with Gasteiger partial charge in [-0.15, -0.1) is 0 Å². The Balaban J connectivity index is 2.20. The van der Waals surface area contributed by atoms with E-state index >= 15 is 0 Å². The van der Waals surface area contributed by atoms with Gasteiger partial charge in [-0.25, -0.2) is 0 Å². The van der Waals surface area contributed by atoms with Crippen LogP contribution < -0.4 is 5.43 Å². The van der Waals surface area contributed by atoms with Gasteiger partial charge in [0.1, 0.15) is 11.8 Å². The molecule has 1 heterocycles. The smallest absolute Gasteiger partial charge is 0.201 e. The van der Waals surface area contributed by atoms with Crippen molar-refractivity contribution in [3.05, 3.63) is 71.1 Å². The lowest BCUT2D eigenvalue weighted by Crippen LogP contribution is -2.05. The van der Waals surface area contributed by atoms with Gasteiger partial charge in [0.2, 0.25) is 5.43 Å². The number of phenolic OH excluding ortho intramolecular Hbond substituents is 2. The summed E-state index contributed by atoms with van der Waals surface area (Å²) in [6.07, 6.45) is 1.42. The molecule has 0 radical (unpaired) electrons. The molecule has 0 spiro atoms. The lowest BCUT2D eigenvalue weighted by atomic mass is 10.0. The van der Waals surface area contributed by atoms with Crippen molar-refractivity contribution in [3.8, 4) is 22.6 Å². The highest BCUT2D eigenvalue weighted by Crippen LogP contribution is 2.37. The molecule has 0 aliphatic rings. The fourth-order valence-corrected chi connectivity index (χ4v) is 2.82. The van der Waals surface area contributed by atoms with Crippen LogP contribution in [0.15, 0.2) is 70.1 Å². The topological polar surface area (TPSA) is 70.7 Å². The van der Waals surface area contributed by atoms with Gasteiger partial charge in [-0.1, -0.05) is 42.5 Å². The van der Waals surface area contributed by atoms with Crippen LogP contribution in [0.4, 0.5) is 0 Å². The predicted molar refractivity (Wildman–Crippen MR) is 88.8 cm³/mol. The van der Waals surface area contributed by atoms with Gasteiger partial charge in [-0.2, -0.15) is 0 Å². The molecule has 0 amide bonds. The SMILES string of the molecule is O=c1c(-c2ccccc2)coc2ccc3ccc(O)c(O)c3c12. The van der Waals surface area contributed by atoms with Gasteiger partial charge >= 0.3 is 0 Å². The first-order chi connectivity index (χ1) is 11.2. The molecular weight excluding hydrogens is 292 g/mol. The predicted octanol–water partition coefficient (Wildman–Crippen LogP) is 4.02. The number of rotatable bonds is 1. The third-order valence-corrected chi connectivity index (χ3v) is 3.96. The Morgan fingerprint density at radius 2 is 1.57 bits per heavy atom. The second-order valence-corrected chi connectivity index (χ2v) is 5.31. The molecule has 0 saturated heterocycles. The maximum absolute atomic E-state index is 13.0. The summed E-state index contributed by atoms with van der Waals surface area (Å²) in [6, 6.07) is 15.7. The van der Waals surface area contributed by atoms with Crippen molar-refractivity contribution in [2.75, 3.05) is 0 Å². The van der Waals surface area contributed by atoms with E-state index in [1.54, 1.807) is 18.2 Å². The first-order valence-corrected chi connectivity index (χ1v) is 7.11. The van der Waals surface area contributed by atoms with Crippen LogP contribution in [0.2, 0.25) is 0 Å². The highest BCUT2D eigenvalue weighted by molar-refractivity contribution is 6.10. The van der Waals surface area contributed by atoms with Crippen molar-refractivity contribution >= 4 is 21.7 Å². The molecule has 112 valence electrons. The molecule has 23 heavy (non-hydrogen) atoms. The van der Waals surface area contributed by atoms with Crippen LogP contribution in [0.3, 0.4) is 0 Å². The van der Waals surface area contributed by atoms with E-state index in [1.165, 1.54) is 12.3 Å². The minimum absolute atomic E-state index is 0.246. The Kier molecular flexibility index (Phi) is 2.84. The molecule has 4 heteroatoms. The zero-order valence-electron chi connectivity index (χ0n) is 12.0. The van der Waals surface area contributed by atoms with Crippen LogP contribution in [0.25, 0.3) is 32.9 Å². The normalized spacial score (nSPS) is 11.1. The molecule has 1 aromatic heterocycles. The third kappa shape index (κ3) is 1.96. The summed E-state index contributed by atoms with van der Waals surface area (Å²) in [5.41, 5.74) is 1.26. The van der Waals surface area contributed by atoms with Crippen LogP contribution in [-0.4, -0.2) is 10.2 Å². The maximum Gasteiger partial charge on any atom is 0.201 e. The molecule has 0 unspecified atom stereocenters. The Morgan fingerprint density at radius 3 is 2.35 bits per heavy atom. The summed E-state index contributed by atoms with van der Waals surface area (Å²) in [5.74, 6) is -0.583. The van der Waals surface area contributed by atoms with Crippen LogP contribution in [-0.2, 0) is 0 Å². The highest BCUT2D eigenvalue weighted by Gasteiger charge is 2.16. The van der Waals surface area contributed by atoms with E-state index in [0.29, 0.717) is 21.9 Å². The molecule has 3 aromatic carbocycles. The molecular formula is C19H12O4. The van der Waals surface area contributed by atoms with Gasteiger partial charge in [0, 0.05) is 5.39 Å². The van der Waals surface area contributed by atoms with Gasteiger partial charge in [0.25, 0.3) is 0 Å². The Bertz CT molecular complexity index is 1100. The summed E-state index contributed by atoms with van der Waals surface area (Å²) in [5, 5.41) is 21.2. The minimum atomic E-state index is -0.314. The zero-order chi connectivity index (χ0) is 16.0. The van der Waals surface area contributed by atoms with E-state index in [1.807, 2.05) is 30.3 Å². The van der Waals surface area contributed by atoms with E-state index in [0.717, 1.165) is 5.56 Å². The largest absolute Gasteiger partial charge is 0.504 e. The summed E-state index contributed by atoms with van der Waals surface area (Å²) < 4.78 is 5.59. The molecule has 0 atom stereocenters. The monoisotopic (exact) mass is 304 g/mol. The Morgan fingerprint density at radius 1 is 0.826 bits per heavy atom. The standard InChI is InChI=1S/C19H12O4/c20-14-8-6-12-7-9-15-17(16(12)19(14)22)18(21)13(10-23-15)11-4-2-1-3-5-11/h1-10,20,22H. The second-order valence-electron chi connectivity index (χ2n) is 5.31. The summed E-state index contributed by atoms with van der Waals surface area (Å²) in [7, 11) is 0. The van der Waals surface area contributed by atoms with Crippen LogP contribution in [0.5, 0.6) is 11.5 Å². The number of hydrogen-bond acceptors (Lipinski definition) is 4. The molecule has 4 aromatic rings. The molecule has 4 nitrogen and oxygen atoms in total. The molecule has 0 aliphatic heterocycles. The van der Waals surface area contributed by atoms with Gasteiger partial charge in [-0.3, -0.25) is 4.79 Å². The number of aromatic hydroxyl groups is 2. The molecule has 0 fully saturated rings. The van der Waals surface area contributed by atoms with Crippen LogP contribution in [0.1, 0.15) is 0 Å². The van der Waals surface area contributed by atoms with Gasteiger partial charge in [0.05, 0.1) is 10.9 Å². The fraction of sp³-hybridized carbons (Fsp3) is 0. The Labute approximate surface area is 130 Å². The van der Waals surface area contributed by atoms with E-state index < -0.39 is 0 Å². The number of fused-ring (bicyclic) bond motifs is 3. The molecule has 4 rings (SSSR count). The fourth-order valence-electron chi connectivity index (χ4n) is 2.82. The van der Waals surface area contributed by atoms with Gasteiger partial charge in [-0.05, 0) is 23.1 Å². The molecule has 0 bridgehead atoms. The lowest BCUT2D eigenvalue weighted by Gasteiger charge is -2.08. The number of phenols is 2. The third-order valence-electron chi connectivity index (χ3n) is 3.96. The quantitative estimate of drug-likeness (QED) is 0.411. The second kappa shape index (κ2) is 4.88. The minimum Gasteiger partial charge on any atom is -0.504 e. The number of benzene rings is 3. The van der Waals surface area contributed by atoms with Crippen molar-refractivity contribution in [2.24, 2.45) is 0 Å². The average molecular weight is 304 g/mol. The summed E-state index contributed by atoms with van der Waals surface area (Å²) in [6.45, 7) is 0. The first-order valence-electron chi connectivity index (χ1n) is 7.11. The maximum atomic E-state index is 13.0. The van der Waals surface area contributed by atoms with Gasteiger partial charge in [0.15, 0.2) is 11.5 Å². The molecule has 0 aliphatic carbocycles. The van der Waals surface area contributed by atoms with Gasteiger partial charge < -0.3 is 14.6 Å². The van der Waals surface area contributed by atoms with E-state index in [-0.39, 0.29) is 22.3 Å². The van der Waals surface area contributed by atoms with Crippen molar-refractivity contribution in [1.82, 2.24) is 0 Å². The lowest BCUT2D eigenvalue weighted by molar-refractivity contribution is 0.408. The van der Waals surface area contributed by atoms with Crippen molar-refractivity contribution in [3.63, 3.8) is 0 Å². The van der Waals surface area contributed by atoms with Crippen molar-refractivity contribution in [1.29, 1.82) is 0 Å². The molecule has 2 N–H and O–H groups in total. The zero-order valence-corrected chi connectivity index (χ0v) is 12.0. The van der Waals surface area contributed by atoms with E-state index in [4.69, 9.17) is 4.42 Å². The van der Waals surface area contributed by atoms with Crippen LogP contribution >= 0.6 is 0 Å². The van der Waals surface area contributed by atoms with E-state index in [2.05, 4.69) is 0 Å². The first kappa shape index (κ1) is 13.4. The van der Waals surface area contributed by atoms with Crippen molar-refractivity contribution < 1.29 is 14.6 Å². The average Bonchev–Trinajstić information content (AvgIpc) is 2.59. The molecule has 0 saturated carbocycles. The summed E-state index contributed by atoms with van der Waals surface area (Å²) in [4.78, 5) is 13.0. The Hall–Kier alpha value is -3.27. The highest BCUT2D eigenvalue weighted by atomic mass is 16.3. The van der Waals surface area contributed by atoms with E-state index in [9.17, 15) is 15.0 Å². The van der Waals surface area contributed by atoms with Crippen molar-refractivity contribution in [2.45, 2.75) is 0 Å². The summed E-state index contributed by atoms with van der Waals surface area (Å²) >= 11 is 0.